The van der Waals surface area contributed by atoms with Gasteiger partial charge in [-0.25, -0.2) is 27.2 Å². The molecule has 5 rings (SSSR count). The van der Waals surface area contributed by atoms with Gasteiger partial charge in [0.05, 0.1) is 18.3 Å². The number of likely N-dealkylation sites (tertiary alicyclic amines) is 1. The number of rotatable bonds is 12. The number of nitrogens with zero attached hydrogens (tertiary/aromatic N) is 2. The summed E-state index contributed by atoms with van der Waals surface area (Å²) in [6.45, 7) is 10.8. The van der Waals surface area contributed by atoms with E-state index in [1.165, 1.54) is 29.2 Å². The number of amides is 5. The number of nitrogens with one attached hydrogen (secondary N) is 3. The van der Waals surface area contributed by atoms with Crippen LogP contribution in [0.1, 0.15) is 71.4 Å². The lowest BCUT2D eigenvalue weighted by Gasteiger charge is -2.30. The van der Waals surface area contributed by atoms with Crippen LogP contribution in [0.5, 0.6) is 0 Å². The molecule has 1 saturated heterocycles. The monoisotopic (exact) mass is 775 g/mol. The van der Waals surface area contributed by atoms with E-state index in [4.69, 9.17) is 14.2 Å². The molecular weight excluding hydrogens is 729 g/mol. The van der Waals surface area contributed by atoms with E-state index in [0.29, 0.717) is 29.5 Å². The average Bonchev–Trinajstić information content (AvgIpc) is 3.96. The summed E-state index contributed by atoms with van der Waals surface area (Å²) in [7, 11) is -3.98. The molecule has 1 aromatic rings. The molecule has 2 heterocycles. The quantitative estimate of drug-likeness (QED) is 0.122. The molecule has 0 bridgehead atoms. The number of sulfonamides is 1. The van der Waals surface area contributed by atoms with Gasteiger partial charge in [0, 0.05) is 30.5 Å². The second kappa shape index (κ2) is 15.4. The summed E-state index contributed by atoms with van der Waals surface area (Å²) in [6.07, 6.45) is 0.174. The van der Waals surface area contributed by atoms with Crippen LogP contribution < -0.4 is 15.4 Å². The highest BCUT2D eigenvalue weighted by Crippen LogP contribution is 2.45. The van der Waals surface area contributed by atoms with Crippen molar-refractivity contribution in [3.63, 3.8) is 0 Å². The van der Waals surface area contributed by atoms with Crippen LogP contribution in [0.2, 0.25) is 0 Å². The summed E-state index contributed by atoms with van der Waals surface area (Å²) in [5, 5.41) is 4.31. The number of ether oxygens (including phenoxy) is 3. The molecule has 54 heavy (non-hydrogen) atoms. The summed E-state index contributed by atoms with van der Waals surface area (Å²) in [6, 6.07) is 1.48. The lowest BCUT2D eigenvalue weighted by molar-refractivity contribution is -0.145. The van der Waals surface area contributed by atoms with E-state index in [1.807, 2.05) is 0 Å². The maximum atomic E-state index is 14.4. The smallest absolute Gasteiger partial charge is 0.410 e. The Bertz CT molecular complexity index is 1870. The zero-order chi connectivity index (χ0) is 39.7. The first-order valence-electron chi connectivity index (χ1n) is 17.6. The van der Waals surface area contributed by atoms with Gasteiger partial charge in [-0.2, -0.15) is 0 Å². The zero-order valence-corrected chi connectivity index (χ0v) is 31.6. The van der Waals surface area contributed by atoms with Crippen LogP contribution in [0.15, 0.2) is 42.5 Å². The van der Waals surface area contributed by atoms with Crippen LogP contribution in [0, 0.1) is 11.7 Å². The highest BCUT2D eigenvalue weighted by molar-refractivity contribution is 7.91. The molecule has 18 heteroatoms. The maximum absolute atomic E-state index is 14.4. The minimum atomic E-state index is -3.98. The Labute approximate surface area is 312 Å². The Hall–Kier alpha value is -5.00. The zero-order valence-electron chi connectivity index (χ0n) is 30.8. The van der Waals surface area contributed by atoms with Gasteiger partial charge in [-0.1, -0.05) is 23.8 Å². The Morgan fingerprint density at radius 3 is 2.41 bits per heavy atom. The molecule has 2 saturated carbocycles. The number of hydrogen-bond acceptors (Lipinski definition) is 11. The van der Waals surface area contributed by atoms with Crippen molar-refractivity contribution in [3.05, 3.63) is 59.4 Å². The summed E-state index contributed by atoms with van der Waals surface area (Å²) in [5.41, 5.74) is -1.13. The summed E-state index contributed by atoms with van der Waals surface area (Å²) >= 11 is 0. The van der Waals surface area contributed by atoms with Gasteiger partial charge < -0.3 is 29.7 Å². The van der Waals surface area contributed by atoms with E-state index >= 15 is 0 Å². The van der Waals surface area contributed by atoms with Crippen LogP contribution >= 0.6 is 0 Å². The molecule has 0 radical (unpaired) electrons. The van der Waals surface area contributed by atoms with Crippen molar-refractivity contribution in [2.75, 3.05) is 13.2 Å². The van der Waals surface area contributed by atoms with Crippen LogP contribution in [-0.4, -0.2) is 102 Å². The van der Waals surface area contributed by atoms with E-state index in [2.05, 4.69) is 21.9 Å². The highest BCUT2D eigenvalue weighted by atomic mass is 32.2. The number of benzene rings is 1. The minimum absolute atomic E-state index is 0.0303. The largest absolute Gasteiger partial charge is 0.460 e. The Morgan fingerprint density at radius 1 is 1.11 bits per heavy atom. The van der Waals surface area contributed by atoms with Gasteiger partial charge >= 0.3 is 18.2 Å². The van der Waals surface area contributed by atoms with E-state index in [0.717, 1.165) is 4.90 Å². The van der Waals surface area contributed by atoms with Crippen molar-refractivity contribution in [3.8, 4) is 0 Å². The number of hydrogen-bond donors (Lipinski definition) is 3. The maximum Gasteiger partial charge on any atom is 0.410 e. The van der Waals surface area contributed by atoms with Gasteiger partial charge in [0.1, 0.15) is 41.8 Å². The number of allylic oxidation sites excluding steroid dienone is 1. The molecule has 16 nitrogen and oxygen atoms in total. The predicted octanol–water partition coefficient (Wildman–Crippen LogP) is 2.32. The van der Waals surface area contributed by atoms with Crippen LogP contribution in [0.4, 0.5) is 14.0 Å². The molecule has 5 amide bonds. The van der Waals surface area contributed by atoms with Gasteiger partial charge in [-0.15, -0.1) is 6.58 Å². The topological polar surface area (TPSA) is 207 Å². The van der Waals surface area contributed by atoms with Gasteiger partial charge in [-0.05, 0) is 65.5 Å². The molecule has 1 unspecified atom stereocenters. The molecule has 1 aromatic carbocycles. The van der Waals surface area contributed by atoms with E-state index in [-0.39, 0.29) is 32.5 Å². The molecule has 0 spiro atoms. The molecule has 2 aliphatic carbocycles. The Balaban J connectivity index is 1.39. The molecular formula is C36H46FN5O11S. The van der Waals surface area contributed by atoms with Crippen molar-refractivity contribution < 1.29 is 55.8 Å². The van der Waals surface area contributed by atoms with E-state index < -0.39 is 98.8 Å². The fourth-order valence-corrected chi connectivity index (χ4v) is 7.75. The number of carbonyl (C=O) groups is 6. The first kappa shape index (κ1) is 40.2. The van der Waals surface area contributed by atoms with Crippen molar-refractivity contribution in [1.29, 1.82) is 0 Å². The number of carbonyl (C=O) groups excluding carboxylic acids is 6. The summed E-state index contributed by atoms with van der Waals surface area (Å²) in [4.78, 5) is 82.7. The number of fused-ring (bicyclic) bond motifs is 1. The first-order valence-corrected chi connectivity index (χ1v) is 19.1. The fraction of sp³-hybridized carbons (Fsp3) is 0.556. The second-order valence-corrected chi connectivity index (χ2v) is 17.2. The molecule has 2 aliphatic heterocycles. The van der Waals surface area contributed by atoms with Crippen molar-refractivity contribution in [1.82, 2.24) is 25.2 Å². The number of alkyl carbamates (subject to hydrolysis) is 1. The number of esters is 1. The van der Waals surface area contributed by atoms with Crippen LogP contribution in [-0.2, 0) is 56.5 Å². The average molecular weight is 776 g/mol. The minimum Gasteiger partial charge on any atom is -0.460 e. The molecule has 294 valence electrons. The first-order chi connectivity index (χ1) is 25.2. The summed E-state index contributed by atoms with van der Waals surface area (Å²) < 4.78 is 58.1. The van der Waals surface area contributed by atoms with E-state index in [1.54, 1.807) is 40.7 Å². The van der Waals surface area contributed by atoms with Crippen LogP contribution in [0.3, 0.4) is 0 Å². The second-order valence-electron chi connectivity index (χ2n) is 15.2. The predicted molar refractivity (Wildman–Crippen MR) is 189 cm³/mol. The molecule has 3 fully saturated rings. The fourth-order valence-electron chi connectivity index (χ4n) is 6.39. The van der Waals surface area contributed by atoms with Gasteiger partial charge in [-0.3, -0.25) is 24.0 Å². The normalized spacial score (nSPS) is 23.6. The Morgan fingerprint density at radius 2 is 1.81 bits per heavy atom. The third kappa shape index (κ3) is 9.37. The third-order valence-corrected chi connectivity index (χ3v) is 11.2. The molecule has 3 N–H and O–H groups in total. The highest BCUT2D eigenvalue weighted by Gasteiger charge is 2.62. The molecule has 4 aliphatic rings. The lowest BCUT2D eigenvalue weighted by Crippen LogP contribution is -2.59. The van der Waals surface area contributed by atoms with E-state index in [9.17, 15) is 41.6 Å². The lowest BCUT2D eigenvalue weighted by atomic mass is 10.1. The van der Waals surface area contributed by atoms with Gasteiger partial charge in [0.2, 0.25) is 21.8 Å². The van der Waals surface area contributed by atoms with Crippen molar-refractivity contribution in [2.45, 2.75) is 108 Å². The van der Waals surface area contributed by atoms with Crippen LogP contribution in [0.25, 0.3) is 0 Å². The molecule has 0 aromatic heterocycles. The van der Waals surface area contributed by atoms with Gasteiger partial charge in [0.15, 0.2) is 0 Å². The molecule has 5 atom stereocenters. The Kier molecular flexibility index (Phi) is 11.5. The SMILES string of the molecule is C=C[C@@H]1C[C@]1(NC(=O)C1C[C@@H](OC(=O)N2Cc3cccc(F)c3C2)CN1C(=O)[C@H](COC(=O)C=C(C)C)NC(=O)OC(C)(C)C)C(=O)NS(=O)(=O)C1CC1. The number of halogens is 1. The standard InChI is InChI=1S/C36H46FN5O11S/c1-7-22-15-36(22,32(46)40-54(49,50)24-11-12-24)39-30(44)28-14-23(52-34(48)41-16-21-9-8-10-26(37)25(21)18-41)17-42(28)31(45)27(19-51-29(43)13-20(2)3)38-33(47)53-35(4,5)6/h7-10,13,22-24,27-28H,1,11-12,14-19H2,2-6H3,(H,38,47)(H,39,44)(H,40,46)/t22-,23-,27+,28?,36-/m1/s1. The van der Waals surface area contributed by atoms with Crippen molar-refractivity contribution in [2.24, 2.45) is 5.92 Å². The third-order valence-electron chi connectivity index (χ3n) is 9.34. The van der Waals surface area contributed by atoms with Gasteiger partial charge in [0.25, 0.3) is 5.91 Å². The summed E-state index contributed by atoms with van der Waals surface area (Å²) in [5.74, 6) is -4.66. The van der Waals surface area contributed by atoms with Crippen molar-refractivity contribution >= 4 is 45.9 Å².